The van der Waals surface area contributed by atoms with Crippen LogP contribution in [0.25, 0.3) is 0 Å². The smallest absolute Gasteiger partial charge is 0.268 e. The Balaban J connectivity index is 1.90. The number of hydrogen-bond donors (Lipinski definition) is 1. The fourth-order valence-corrected chi connectivity index (χ4v) is 2.85. The van der Waals surface area contributed by atoms with Crippen molar-refractivity contribution in [2.45, 2.75) is 26.5 Å². The Labute approximate surface area is 152 Å². The van der Waals surface area contributed by atoms with E-state index in [1.54, 1.807) is 30.0 Å². The van der Waals surface area contributed by atoms with Crippen molar-refractivity contribution >= 4 is 23.2 Å². The molecule has 6 nitrogen and oxygen atoms in total. The first kappa shape index (κ1) is 17.9. The second-order valence-electron chi connectivity index (χ2n) is 6.33. The lowest BCUT2D eigenvalue weighted by Crippen LogP contribution is -2.44. The molecule has 1 atom stereocenters. The zero-order valence-corrected chi connectivity index (χ0v) is 15.1. The predicted octanol–water partition coefficient (Wildman–Crippen LogP) is 2.89. The van der Waals surface area contributed by atoms with E-state index in [1.165, 1.54) is 12.7 Å². The molecule has 1 heterocycles. The molecule has 0 bridgehead atoms. The molecular weight excluding hydrogens is 332 g/mol. The molecule has 1 unspecified atom stereocenters. The van der Waals surface area contributed by atoms with E-state index in [4.69, 9.17) is 9.47 Å². The molecule has 0 saturated carbocycles. The Morgan fingerprint density at radius 3 is 2.65 bits per heavy atom. The highest BCUT2D eigenvalue weighted by molar-refractivity contribution is 6.01. The molecule has 0 aliphatic carbocycles. The van der Waals surface area contributed by atoms with E-state index in [9.17, 15) is 9.59 Å². The van der Waals surface area contributed by atoms with E-state index in [-0.39, 0.29) is 18.4 Å². The fourth-order valence-electron chi connectivity index (χ4n) is 2.85. The quantitative estimate of drug-likeness (QED) is 0.896. The molecule has 0 fully saturated rings. The van der Waals surface area contributed by atoms with E-state index < -0.39 is 6.10 Å². The molecule has 1 aliphatic rings. The third kappa shape index (κ3) is 3.86. The molecule has 2 aromatic rings. The Morgan fingerprint density at radius 2 is 1.96 bits per heavy atom. The summed E-state index contributed by atoms with van der Waals surface area (Å²) < 4.78 is 10.5. The zero-order valence-electron chi connectivity index (χ0n) is 15.1. The maximum absolute atomic E-state index is 12.7. The molecule has 0 aromatic heterocycles. The lowest BCUT2D eigenvalue weighted by molar-refractivity contribution is -0.125. The van der Waals surface area contributed by atoms with Crippen molar-refractivity contribution in [1.82, 2.24) is 0 Å². The topological polar surface area (TPSA) is 67.9 Å². The van der Waals surface area contributed by atoms with Gasteiger partial charge in [0.2, 0.25) is 5.91 Å². The van der Waals surface area contributed by atoms with Gasteiger partial charge in [-0.25, -0.2) is 0 Å². The van der Waals surface area contributed by atoms with Crippen molar-refractivity contribution < 1.29 is 19.1 Å². The number of carbonyl (C=O) groups excluding carboxylic acids is 2. The SMILES string of the molecule is COCC(=O)Nc1ccc2c(c1)N(Cc1ccc(C)cc1)C(=O)C(C)O2. The van der Waals surface area contributed by atoms with Crippen LogP contribution in [-0.2, 0) is 20.9 Å². The first-order valence-electron chi connectivity index (χ1n) is 8.44. The number of benzene rings is 2. The van der Waals surface area contributed by atoms with E-state index in [2.05, 4.69) is 5.32 Å². The second kappa shape index (κ2) is 7.58. The maximum atomic E-state index is 12.7. The Kier molecular flexibility index (Phi) is 5.23. The first-order valence-corrected chi connectivity index (χ1v) is 8.44. The van der Waals surface area contributed by atoms with Crippen molar-refractivity contribution in [1.29, 1.82) is 0 Å². The molecule has 1 N–H and O–H groups in total. The Bertz CT molecular complexity index is 817. The summed E-state index contributed by atoms with van der Waals surface area (Å²) in [5, 5.41) is 2.75. The van der Waals surface area contributed by atoms with Gasteiger partial charge in [0.05, 0.1) is 12.2 Å². The van der Waals surface area contributed by atoms with Gasteiger partial charge < -0.3 is 19.7 Å². The minimum absolute atomic E-state index is 0.0311. The normalized spacial score (nSPS) is 16.0. The number of nitrogens with one attached hydrogen (secondary N) is 1. The number of rotatable bonds is 5. The van der Waals surface area contributed by atoms with Gasteiger partial charge in [0.1, 0.15) is 12.4 Å². The van der Waals surface area contributed by atoms with Crippen LogP contribution >= 0.6 is 0 Å². The number of amides is 2. The van der Waals surface area contributed by atoms with Gasteiger partial charge in [0, 0.05) is 12.8 Å². The number of fused-ring (bicyclic) bond motifs is 1. The summed E-state index contributed by atoms with van der Waals surface area (Å²) in [5.41, 5.74) is 3.42. The number of hydrogen-bond acceptors (Lipinski definition) is 4. The number of nitrogens with zero attached hydrogens (tertiary/aromatic N) is 1. The highest BCUT2D eigenvalue weighted by Gasteiger charge is 2.31. The highest BCUT2D eigenvalue weighted by Crippen LogP contribution is 2.37. The van der Waals surface area contributed by atoms with Gasteiger partial charge in [-0.15, -0.1) is 0 Å². The summed E-state index contributed by atoms with van der Waals surface area (Å²) >= 11 is 0. The summed E-state index contributed by atoms with van der Waals surface area (Å²) in [6.45, 7) is 4.17. The van der Waals surface area contributed by atoms with Crippen molar-refractivity contribution in [2.24, 2.45) is 0 Å². The van der Waals surface area contributed by atoms with Crippen LogP contribution in [0.2, 0.25) is 0 Å². The maximum Gasteiger partial charge on any atom is 0.268 e. The monoisotopic (exact) mass is 354 g/mol. The van der Waals surface area contributed by atoms with Gasteiger partial charge in [-0.2, -0.15) is 0 Å². The van der Waals surface area contributed by atoms with Crippen LogP contribution in [-0.4, -0.2) is 31.6 Å². The fraction of sp³-hybridized carbons (Fsp3) is 0.300. The van der Waals surface area contributed by atoms with E-state index >= 15 is 0 Å². The van der Waals surface area contributed by atoms with Crippen LogP contribution < -0.4 is 15.0 Å². The van der Waals surface area contributed by atoms with Crippen LogP contribution in [0.1, 0.15) is 18.1 Å². The third-order valence-electron chi connectivity index (χ3n) is 4.19. The zero-order chi connectivity index (χ0) is 18.7. The number of methoxy groups -OCH3 is 1. The standard InChI is InChI=1S/C20H22N2O4/c1-13-4-6-15(7-5-13)11-22-17-10-16(21-19(23)12-25-3)8-9-18(17)26-14(2)20(22)24/h4-10,14H,11-12H2,1-3H3,(H,21,23). The van der Waals surface area contributed by atoms with Gasteiger partial charge in [0.25, 0.3) is 5.91 Å². The van der Waals surface area contributed by atoms with Crippen molar-refractivity contribution in [3.63, 3.8) is 0 Å². The lowest BCUT2D eigenvalue weighted by Gasteiger charge is -2.33. The summed E-state index contributed by atoms with van der Waals surface area (Å²) in [6, 6.07) is 13.3. The Morgan fingerprint density at radius 1 is 1.23 bits per heavy atom. The number of anilines is 2. The van der Waals surface area contributed by atoms with Crippen LogP contribution in [0.3, 0.4) is 0 Å². The minimum atomic E-state index is -0.554. The summed E-state index contributed by atoms with van der Waals surface area (Å²) in [4.78, 5) is 26.1. The molecule has 1 aliphatic heterocycles. The van der Waals surface area contributed by atoms with Gasteiger partial charge in [-0.05, 0) is 37.6 Å². The molecule has 2 amide bonds. The summed E-state index contributed by atoms with van der Waals surface area (Å²) in [6.07, 6.45) is -0.554. The molecule has 3 rings (SSSR count). The second-order valence-corrected chi connectivity index (χ2v) is 6.33. The average Bonchev–Trinajstić information content (AvgIpc) is 2.61. The molecule has 0 saturated heterocycles. The number of carbonyl (C=O) groups is 2. The van der Waals surface area contributed by atoms with E-state index in [1.807, 2.05) is 31.2 Å². The lowest BCUT2D eigenvalue weighted by atomic mass is 10.1. The first-order chi connectivity index (χ1) is 12.5. The van der Waals surface area contributed by atoms with Crippen LogP contribution in [0.5, 0.6) is 5.75 Å². The van der Waals surface area contributed by atoms with Gasteiger partial charge in [-0.3, -0.25) is 9.59 Å². The summed E-state index contributed by atoms with van der Waals surface area (Å²) in [5.74, 6) is 0.251. The molecule has 26 heavy (non-hydrogen) atoms. The summed E-state index contributed by atoms with van der Waals surface area (Å²) in [7, 11) is 1.46. The molecule has 6 heteroatoms. The van der Waals surface area contributed by atoms with Gasteiger partial charge >= 0.3 is 0 Å². The minimum Gasteiger partial charge on any atom is -0.479 e. The van der Waals surface area contributed by atoms with Crippen molar-refractivity contribution in [2.75, 3.05) is 23.9 Å². The molecule has 2 aromatic carbocycles. The Hall–Kier alpha value is -2.86. The van der Waals surface area contributed by atoms with Crippen molar-refractivity contribution in [3.05, 3.63) is 53.6 Å². The van der Waals surface area contributed by atoms with Gasteiger partial charge in [-0.1, -0.05) is 29.8 Å². The van der Waals surface area contributed by atoms with Crippen LogP contribution in [0.4, 0.5) is 11.4 Å². The number of aryl methyl sites for hydroxylation is 1. The van der Waals surface area contributed by atoms with Crippen molar-refractivity contribution in [3.8, 4) is 5.75 Å². The molecule has 0 spiro atoms. The molecular formula is C20H22N2O4. The molecule has 0 radical (unpaired) electrons. The predicted molar refractivity (Wildman–Crippen MR) is 99.4 cm³/mol. The molecule has 136 valence electrons. The number of ether oxygens (including phenoxy) is 2. The highest BCUT2D eigenvalue weighted by atomic mass is 16.5. The van der Waals surface area contributed by atoms with E-state index in [0.717, 1.165) is 5.56 Å². The van der Waals surface area contributed by atoms with E-state index in [0.29, 0.717) is 23.7 Å². The van der Waals surface area contributed by atoms with Crippen LogP contribution in [0.15, 0.2) is 42.5 Å². The average molecular weight is 354 g/mol. The van der Waals surface area contributed by atoms with Crippen LogP contribution in [0, 0.1) is 6.92 Å². The largest absolute Gasteiger partial charge is 0.479 e. The van der Waals surface area contributed by atoms with Gasteiger partial charge in [0.15, 0.2) is 6.10 Å². The third-order valence-corrected chi connectivity index (χ3v) is 4.19.